The largest absolute Gasteiger partial charge is 0.493 e. The highest BCUT2D eigenvalue weighted by Gasteiger charge is 2.28. The van der Waals surface area contributed by atoms with Crippen molar-refractivity contribution < 1.29 is 27.4 Å². The van der Waals surface area contributed by atoms with Gasteiger partial charge >= 0.3 is 6.18 Å². The van der Waals surface area contributed by atoms with Gasteiger partial charge in [-0.25, -0.2) is 0 Å². The summed E-state index contributed by atoms with van der Waals surface area (Å²) < 4.78 is 51.7. The molecule has 4 rings (SSSR count). The van der Waals surface area contributed by atoms with Crippen molar-refractivity contribution in [3.05, 3.63) is 89.5 Å². The van der Waals surface area contributed by atoms with Gasteiger partial charge in [0.1, 0.15) is 22.8 Å². The first-order valence-corrected chi connectivity index (χ1v) is 16.3. The SMILES string of the molecule is CC(C)(C)Oc1ccc(C(C)(C)C)cc1.CC(C)(C)c1ccc(OCC(F)(F)F)cc1.CC(C)(C)c1ccc(OCC2CC2)cc1. The zero-order valence-corrected chi connectivity index (χ0v) is 30.2. The quantitative estimate of drug-likeness (QED) is 0.268. The third-order valence-electron chi connectivity index (χ3n) is 7.17. The molecule has 6 heteroatoms. The first kappa shape index (κ1) is 39.0. The van der Waals surface area contributed by atoms with E-state index in [1.54, 1.807) is 24.3 Å². The number of benzene rings is 3. The van der Waals surface area contributed by atoms with Crippen molar-refractivity contribution in [1.29, 1.82) is 0 Å². The van der Waals surface area contributed by atoms with Crippen molar-refractivity contribution in [2.24, 2.45) is 5.92 Å². The smallest absolute Gasteiger partial charge is 0.422 e. The maximum atomic E-state index is 11.9. The summed E-state index contributed by atoms with van der Waals surface area (Å²) in [6.07, 6.45) is -1.59. The van der Waals surface area contributed by atoms with E-state index < -0.39 is 12.8 Å². The molecule has 1 aliphatic carbocycles. The highest BCUT2D eigenvalue weighted by atomic mass is 19.4. The third-order valence-corrected chi connectivity index (χ3v) is 7.17. The van der Waals surface area contributed by atoms with Crippen molar-refractivity contribution in [1.82, 2.24) is 0 Å². The van der Waals surface area contributed by atoms with Crippen molar-refractivity contribution >= 4 is 0 Å². The lowest BCUT2D eigenvalue weighted by molar-refractivity contribution is -0.153. The second kappa shape index (κ2) is 15.6. The first-order chi connectivity index (χ1) is 20.9. The highest BCUT2D eigenvalue weighted by molar-refractivity contribution is 5.33. The van der Waals surface area contributed by atoms with Crippen LogP contribution >= 0.6 is 0 Å². The van der Waals surface area contributed by atoms with Crippen LogP contribution in [0.2, 0.25) is 0 Å². The minimum Gasteiger partial charge on any atom is -0.493 e. The number of hydrogen-bond acceptors (Lipinski definition) is 3. The molecule has 1 fully saturated rings. The van der Waals surface area contributed by atoms with Crippen LogP contribution in [0.5, 0.6) is 17.2 Å². The molecule has 0 spiro atoms. The Morgan fingerprint density at radius 1 is 0.500 bits per heavy atom. The lowest BCUT2D eigenvalue weighted by atomic mass is 9.87. The van der Waals surface area contributed by atoms with Crippen LogP contribution < -0.4 is 14.2 Å². The van der Waals surface area contributed by atoms with E-state index in [1.165, 1.54) is 24.0 Å². The molecule has 3 nitrogen and oxygen atoms in total. The van der Waals surface area contributed by atoms with E-state index in [-0.39, 0.29) is 27.6 Å². The Hall–Kier alpha value is -3.15. The maximum absolute atomic E-state index is 11.9. The van der Waals surface area contributed by atoms with Gasteiger partial charge in [0.2, 0.25) is 0 Å². The summed E-state index contributed by atoms with van der Waals surface area (Å²) >= 11 is 0. The van der Waals surface area contributed by atoms with Crippen molar-refractivity contribution in [2.45, 2.75) is 124 Å². The molecule has 0 heterocycles. The zero-order chi connectivity index (χ0) is 35.0. The number of alkyl halides is 3. The van der Waals surface area contributed by atoms with Crippen LogP contribution in [0.1, 0.15) is 113 Å². The monoisotopic (exact) mass is 642 g/mol. The molecule has 0 radical (unpaired) electrons. The molecule has 1 aliphatic rings. The van der Waals surface area contributed by atoms with Crippen LogP contribution in [0.15, 0.2) is 72.8 Å². The molecule has 0 aliphatic heterocycles. The minimum atomic E-state index is -4.29. The second-order valence-electron chi connectivity index (χ2n) is 16.2. The van der Waals surface area contributed by atoms with Crippen LogP contribution in [0.3, 0.4) is 0 Å². The van der Waals surface area contributed by atoms with Gasteiger partial charge in [0, 0.05) is 0 Å². The molecule has 0 aromatic heterocycles. The summed E-state index contributed by atoms with van der Waals surface area (Å²) in [6, 6.07) is 23.6. The highest BCUT2D eigenvalue weighted by Crippen LogP contribution is 2.31. The van der Waals surface area contributed by atoms with Crippen LogP contribution in [-0.4, -0.2) is 25.0 Å². The molecule has 0 amide bonds. The summed E-state index contributed by atoms with van der Waals surface area (Å²) in [4.78, 5) is 0. The standard InChI is InChI=1S/C14H20O.C14H22O.C12H15F3O/c1-14(2,3)12-6-8-13(9-7-12)15-10-11-4-5-11;1-13(2,3)11-7-9-12(10-8-11)15-14(4,5)6;1-11(2,3)9-4-6-10(7-5-9)16-8-12(13,14)15/h6-9,11H,4-5,10H2,1-3H3;7-10H,1-6H3;4-7H,8H2,1-3H3. The first-order valence-electron chi connectivity index (χ1n) is 16.3. The predicted molar refractivity (Wildman–Crippen MR) is 186 cm³/mol. The Bertz CT molecular complexity index is 1290. The molecule has 46 heavy (non-hydrogen) atoms. The summed E-state index contributed by atoms with van der Waals surface area (Å²) in [5.74, 6) is 3.02. The molecule has 256 valence electrons. The average molecular weight is 643 g/mol. The third kappa shape index (κ3) is 15.9. The van der Waals surface area contributed by atoms with Gasteiger partial charge in [-0.3, -0.25) is 0 Å². The lowest BCUT2D eigenvalue weighted by Crippen LogP contribution is -2.23. The van der Waals surface area contributed by atoms with Crippen molar-refractivity contribution in [2.75, 3.05) is 13.2 Å². The van der Waals surface area contributed by atoms with Crippen molar-refractivity contribution in [3.8, 4) is 17.2 Å². The fourth-order valence-electron chi connectivity index (χ4n) is 4.14. The van der Waals surface area contributed by atoms with Crippen molar-refractivity contribution in [3.63, 3.8) is 0 Å². The molecule has 0 unspecified atom stereocenters. The minimum absolute atomic E-state index is 0.0114. The van der Waals surface area contributed by atoms with Crippen LogP contribution in [0, 0.1) is 5.92 Å². The molecule has 1 saturated carbocycles. The molecule has 0 saturated heterocycles. The summed E-state index contributed by atoms with van der Waals surface area (Å²) in [7, 11) is 0. The molecule has 3 aromatic carbocycles. The number of halogens is 3. The summed E-state index contributed by atoms with van der Waals surface area (Å²) in [5, 5.41) is 0. The summed E-state index contributed by atoms with van der Waals surface area (Å²) in [5.41, 5.74) is 4.07. The van der Waals surface area contributed by atoms with Gasteiger partial charge in [-0.2, -0.15) is 13.2 Å². The van der Waals surface area contributed by atoms with Gasteiger partial charge in [0.15, 0.2) is 6.61 Å². The molecule has 0 N–H and O–H groups in total. The molecular weight excluding hydrogens is 585 g/mol. The Kier molecular flexibility index (Phi) is 13.3. The fourth-order valence-corrected chi connectivity index (χ4v) is 4.14. The van der Waals surface area contributed by atoms with Gasteiger partial charge in [0.05, 0.1) is 6.61 Å². The van der Waals surface area contributed by atoms with Crippen LogP contribution in [0.4, 0.5) is 13.2 Å². The van der Waals surface area contributed by atoms with E-state index in [1.807, 2.05) is 32.9 Å². The van der Waals surface area contributed by atoms with E-state index >= 15 is 0 Å². The normalized spacial score (nSPS) is 13.9. The van der Waals surface area contributed by atoms with E-state index in [2.05, 4.69) is 103 Å². The maximum Gasteiger partial charge on any atom is 0.422 e. The number of rotatable bonds is 6. The van der Waals surface area contributed by atoms with Gasteiger partial charge in [-0.15, -0.1) is 0 Å². The topological polar surface area (TPSA) is 27.7 Å². The Balaban J connectivity index is 0.000000240. The molecule has 3 aromatic rings. The van der Waals surface area contributed by atoms with Crippen LogP contribution in [-0.2, 0) is 16.2 Å². The second-order valence-corrected chi connectivity index (χ2v) is 16.2. The molecular formula is C40H57F3O3. The Labute approximate surface area is 276 Å². The Morgan fingerprint density at radius 2 is 0.826 bits per heavy atom. The number of hydrogen-bond donors (Lipinski definition) is 0. The fraction of sp³-hybridized carbons (Fsp3) is 0.550. The van der Waals surface area contributed by atoms with Gasteiger partial charge in [0.25, 0.3) is 0 Å². The van der Waals surface area contributed by atoms with E-state index in [0.29, 0.717) is 0 Å². The zero-order valence-electron chi connectivity index (χ0n) is 30.2. The van der Waals surface area contributed by atoms with E-state index in [9.17, 15) is 13.2 Å². The van der Waals surface area contributed by atoms with Gasteiger partial charge in [-0.05, 0) is 109 Å². The average Bonchev–Trinajstić information content (AvgIpc) is 3.74. The summed E-state index contributed by atoms with van der Waals surface area (Å²) in [6.45, 7) is 25.3. The predicted octanol–water partition coefficient (Wildman–Crippen LogP) is 11.9. The Morgan fingerprint density at radius 3 is 1.11 bits per heavy atom. The molecule has 0 bridgehead atoms. The number of ether oxygens (including phenoxy) is 3. The lowest BCUT2D eigenvalue weighted by Gasteiger charge is -2.23. The van der Waals surface area contributed by atoms with Gasteiger partial charge < -0.3 is 14.2 Å². The van der Waals surface area contributed by atoms with E-state index in [0.717, 1.165) is 29.6 Å². The van der Waals surface area contributed by atoms with Crippen LogP contribution in [0.25, 0.3) is 0 Å². The molecule has 0 atom stereocenters. The van der Waals surface area contributed by atoms with Gasteiger partial charge in [-0.1, -0.05) is 98.7 Å². The van der Waals surface area contributed by atoms with E-state index in [4.69, 9.17) is 9.47 Å².